The molecule has 0 radical (unpaired) electrons. The number of alkyl halides is 2. The zero-order chi connectivity index (χ0) is 10.7. The molecule has 14 heavy (non-hydrogen) atoms. The van der Waals surface area contributed by atoms with Gasteiger partial charge in [-0.25, -0.2) is 13.8 Å². The van der Waals surface area contributed by atoms with E-state index in [2.05, 4.69) is 4.98 Å². The third kappa shape index (κ3) is 2.10. The Morgan fingerprint density at radius 1 is 1.64 bits per heavy atom. The molecule has 0 aromatic carbocycles. The summed E-state index contributed by atoms with van der Waals surface area (Å²) >= 11 is 5.54. The van der Waals surface area contributed by atoms with Gasteiger partial charge in [0.25, 0.3) is 6.43 Å². The molecule has 0 amide bonds. The predicted octanol–water partition coefficient (Wildman–Crippen LogP) is 2.17. The number of pyridine rings is 1. The molecule has 0 aliphatic carbocycles. The standard InChI is InChI=1S/C8H8ClF2NO2/c1-14-5-2-4(3-13)7(9)12-6(5)8(10)11/h2,8,13H,3H2,1H3. The number of aliphatic hydroxyl groups excluding tert-OH is 1. The predicted molar refractivity (Wildman–Crippen MR) is 46.7 cm³/mol. The maximum Gasteiger partial charge on any atom is 0.284 e. The molecule has 0 saturated carbocycles. The second-order valence-corrected chi connectivity index (χ2v) is 2.84. The molecular weight excluding hydrogens is 216 g/mol. The van der Waals surface area contributed by atoms with Gasteiger partial charge < -0.3 is 9.84 Å². The van der Waals surface area contributed by atoms with Crippen molar-refractivity contribution in [3.05, 3.63) is 22.5 Å². The molecule has 6 heteroatoms. The molecule has 3 nitrogen and oxygen atoms in total. The first kappa shape index (κ1) is 11.1. The van der Waals surface area contributed by atoms with Gasteiger partial charge in [0.15, 0.2) is 0 Å². The van der Waals surface area contributed by atoms with Gasteiger partial charge >= 0.3 is 0 Å². The molecular formula is C8H8ClF2NO2. The highest BCUT2D eigenvalue weighted by Gasteiger charge is 2.18. The molecule has 1 heterocycles. The number of halogens is 3. The van der Waals surface area contributed by atoms with E-state index in [9.17, 15) is 8.78 Å². The van der Waals surface area contributed by atoms with E-state index in [1.807, 2.05) is 0 Å². The van der Waals surface area contributed by atoms with Gasteiger partial charge in [0.05, 0.1) is 13.7 Å². The summed E-state index contributed by atoms with van der Waals surface area (Å²) in [6, 6.07) is 1.25. The molecule has 0 saturated heterocycles. The number of aliphatic hydroxyl groups is 1. The lowest BCUT2D eigenvalue weighted by atomic mass is 10.2. The number of ether oxygens (including phenoxy) is 1. The lowest BCUT2D eigenvalue weighted by molar-refractivity contribution is 0.141. The largest absolute Gasteiger partial charge is 0.495 e. The minimum absolute atomic E-state index is 0.0755. The maximum atomic E-state index is 12.4. The van der Waals surface area contributed by atoms with Gasteiger partial charge in [-0.05, 0) is 6.07 Å². The summed E-state index contributed by atoms with van der Waals surface area (Å²) in [5, 5.41) is 8.66. The van der Waals surface area contributed by atoms with Gasteiger partial charge in [-0.2, -0.15) is 0 Å². The number of aromatic nitrogens is 1. The Morgan fingerprint density at radius 3 is 2.71 bits per heavy atom. The van der Waals surface area contributed by atoms with Crippen LogP contribution < -0.4 is 4.74 Å². The van der Waals surface area contributed by atoms with Crippen molar-refractivity contribution in [2.45, 2.75) is 13.0 Å². The van der Waals surface area contributed by atoms with Crippen LogP contribution in [0.25, 0.3) is 0 Å². The number of methoxy groups -OCH3 is 1. The fourth-order valence-electron chi connectivity index (χ4n) is 0.955. The van der Waals surface area contributed by atoms with Gasteiger partial charge in [0.2, 0.25) is 0 Å². The van der Waals surface area contributed by atoms with Crippen molar-refractivity contribution in [3.63, 3.8) is 0 Å². The van der Waals surface area contributed by atoms with Crippen LogP contribution >= 0.6 is 11.6 Å². The summed E-state index contributed by atoms with van der Waals surface area (Å²) in [7, 11) is 1.25. The molecule has 1 aromatic rings. The number of hydrogen-bond donors (Lipinski definition) is 1. The first-order valence-electron chi connectivity index (χ1n) is 3.72. The number of hydrogen-bond acceptors (Lipinski definition) is 3. The van der Waals surface area contributed by atoms with Crippen molar-refractivity contribution >= 4 is 11.6 Å². The van der Waals surface area contributed by atoms with Crippen LogP contribution in [0.2, 0.25) is 5.15 Å². The average Bonchev–Trinajstić information content (AvgIpc) is 2.17. The first-order valence-corrected chi connectivity index (χ1v) is 4.10. The monoisotopic (exact) mass is 223 g/mol. The maximum absolute atomic E-state index is 12.4. The fraction of sp³-hybridized carbons (Fsp3) is 0.375. The summed E-state index contributed by atoms with van der Waals surface area (Å²) in [6.45, 7) is -0.369. The second-order valence-electron chi connectivity index (χ2n) is 2.48. The van der Waals surface area contributed by atoms with E-state index in [0.717, 1.165) is 0 Å². The second kappa shape index (κ2) is 4.52. The SMILES string of the molecule is COc1cc(CO)c(Cl)nc1C(F)F. The molecule has 1 rings (SSSR count). The Kier molecular flexibility index (Phi) is 3.60. The van der Waals surface area contributed by atoms with E-state index in [1.54, 1.807) is 0 Å². The fourth-order valence-corrected chi connectivity index (χ4v) is 1.16. The minimum atomic E-state index is -2.75. The van der Waals surface area contributed by atoms with Gasteiger partial charge in [0, 0.05) is 5.56 Å². The molecule has 0 aliphatic heterocycles. The summed E-state index contributed by atoms with van der Waals surface area (Å²) in [6.07, 6.45) is -2.75. The summed E-state index contributed by atoms with van der Waals surface area (Å²) < 4.78 is 29.4. The molecule has 1 aromatic heterocycles. The van der Waals surface area contributed by atoms with Crippen LogP contribution in [0.1, 0.15) is 17.7 Å². The lowest BCUT2D eigenvalue weighted by Crippen LogP contribution is -2.00. The van der Waals surface area contributed by atoms with Gasteiger partial charge in [0.1, 0.15) is 16.6 Å². The molecule has 78 valence electrons. The molecule has 0 aliphatic rings. The van der Waals surface area contributed by atoms with Crippen molar-refractivity contribution in [2.75, 3.05) is 7.11 Å². The minimum Gasteiger partial charge on any atom is -0.495 e. The van der Waals surface area contributed by atoms with Crippen molar-refractivity contribution in [2.24, 2.45) is 0 Å². The summed E-state index contributed by atoms with van der Waals surface area (Å²) in [5.41, 5.74) is -0.261. The number of rotatable bonds is 3. The smallest absolute Gasteiger partial charge is 0.284 e. The third-order valence-corrected chi connectivity index (χ3v) is 1.97. The zero-order valence-corrected chi connectivity index (χ0v) is 8.05. The van der Waals surface area contributed by atoms with E-state index < -0.39 is 12.1 Å². The molecule has 0 atom stereocenters. The molecule has 0 unspecified atom stereocenters. The van der Waals surface area contributed by atoms with Crippen LogP contribution in [-0.2, 0) is 6.61 Å². The Morgan fingerprint density at radius 2 is 2.29 bits per heavy atom. The Bertz CT molecular complexity index is 333. The topological polar surface area (TPSA) is 42.4 Å². The van der Waals surface area contributed by atoms with Crippen LogP contribution in [0.4, 0.5) is 8.78 Å². The highest BCUT2D eigenvalue weighted by Crippen LogP contribution is 2.30. The normalized spacial score (nSPS) is 10.7. The molecule has 0 bridgehead atoms. The van der Waals surface area contributed by atoms with Crippen LogP contribution in [-0.4, -0.2) is 17.2 Å². The first-order chi connectivity index (χ1) is 6.60. The van der Waals surface area contributed by atoms with E-state index >= 15 is 0 Å². The summed E-state index contributed by atoms with van der Waals surface area (Å²) in [4.78, 5) is 3.44. The highest BCUT2D eigenvalue weighted by molar-refractivity contribution is 6.30. The van der Waals surface area contributed by atoms with Crippen LogP contribution in [0.5, 0.6) is 5.75 Å². The Balaban J connectivity index is 3.24. The van der Waals surface area contributed by atoms with Crippen molar-refractivity contribution < 1.29 is 18.6 Å². The average molecular weight is 224 g/mol. The van der Waals surface area contributed by atoms with Crippen LogP contribution in [0.3, 0.4) is 0 Å². The zero-order valence-electron chi connectivity index (χ0n) is 7.30. The van der Waals surface area contributed by atoms with E-state index in [1.165, 1.54) is 13.2 Å². The lowest BCUT2D eigenvalue weighted by Gasteiger charge is -2.09. The van der Waals surface area contributed by atoms with Crippen molar-refractivity contribution in [3.8, 4) is 5.75 Å². The van der Waals surface area contributed by atoms with Gasteiger partial charge in [-0.1, -0.05) is 11.6 Å². The third-order valence-electron chi connectivity index (χ3n) is 1.64. The quantitative estimate of drug-likeness (QED) is 0.799. The van der Waals surface area contributed by atoms with Gasteiger partial charge in [-0.15, -0.1) is 0 Å². The van der Waals surface area contributed by atoms with Crippen LogP contribution in [0.15, 0.2) is 6.07 Å². The van der Waals surface area contributed by atoms with E-state index in [-0.39, 0.29) is 23.1 Å². The van der Waals surface area contributed by atoms with E-state index in [0.29, 0.717) is 0 Å². The number of nitrogens with zero attached hydrogens (tertiary/aromatic N) is 1. The Hall–Kier alpha value is -0.940. The van der Waals surface area contributed by atoms with Gasteiger partial charge in [-0.3, -0.25) is 0 Å². The van der Waals surface area contributed by atoms with E-state index in [4.69, 9.17) is 21.4 Å². The highest BCUT2D eigenvalue weighted by atomic mass is 35.5. The molecule has 0 fully saturated rings. The Labute approximate surface area is 84.3 Å². The van der Waals surface area contributed by atoms with Crippen LogP contribution in [0, 0.1) is 0 Å². The summed E-state index contributed by atoms with van der Waals surface area (Å²) in [5.74, 6) is -0.0755. The van der Waals surface area contributed by atoms with Crippen molar-refractivity contribution in [1.82, 2.24) is 4.98 Å². The van der Waals surface area contributed by atoms with Crippen molar-refractivity contribution in [1.29, 1.82) is 0 Å². The molecule has 1 N–H and O–H groups in total. The molecule has 0 spiro atoms.